The second-order valence-electron chi connectivity index (χ2n) is 3.66. The van der Waals surface area contributed by atoms with Gasteiger partial charge in [0.1, 0.15) is 5.60 Å². The maximum atomic E-state index is 11.5. The lowest BCUT2D eigenvalue weighted by atomic mass is 10.1. The fraction of sp³-hybridized carbons (Fsp3) is 0.727. The van der Waals surface area contributed by atoms with E-state index in [1.54, 1.807) is 19.9 Å². The van der Waals surface area contributed by atoms with Crippen LogP contribution in [0.5, 0.6) is 0 Å². The van der Waals surface area contributed by atoms with Crippen LogP contribution in [0.2, 0.25) is 0 Å². The van der Waals surface area contributed by atoms with E-state index in [1.807, 2.05) is 0 Å². The van der Waals surface area contributed by atoms with Crippen LogP contribution in [0.1, 0.15) is 20.3 Å². The maximum Gasteiger partial charge on any atom is 0.251 e. The van der Waals surface area contributed by atoms with E-state index in [0.29, 0.717) is 19.8 Å². The van der Waals surface area contributed by atoms with Crippen LogP contribution < -0.4 is 5.32 Å². The molecule has 0 heterocycles. The number of hydrogen-bond donors (Lipinski definition) is 1. The van der Waals surface area contributed by atoms with Crippen molar-refractivity contribution in [1.82, 2.24) is 5.32 Å². The number of carbonyl (C=O) groups is 1. The third-order valence-corrected chi connectivity index (χ3v) is 2.06. The van der Waals surface area contributed by atoms with E-state index in [-0.39, 0.29) is 5.91 Å². The molecular weight excluding hydrogens is 194 g/mol. The SMILES string of the molecule is C=CCCOCCNC(=O)C(C)(C)OC. The molecular formula is C11H21NO3. The van der Waals surface area contributed by atoms with Crippen LogP contribution in [0.25, 0.3) is 0 Å². The number of hydrogen-bond acceptors (Lipinski definition) is 3. The summed E-state index contributed by atoms with van der Waals surface area (Å²) in [7, 11) is 1.51. The van der Waals surface area contributed by atoms with Crippen molar-refractivity contribution in [3.8, 4) is 0 Å². The fourth-order valence-corrected chi connectivity index (χ4v) is 0.811. The van der Waals surface area contributed by atoms with Crippen molar-refractivity contribution < 1.29 is 14.3 Å². The molecule has 0 aromatic heterocycles. The second kappa shape index (κ2) is 7.43. The first-order valence-corrected chi connectivity index (χ1v) is 5.06. The Bertz CT molecular complexity index is 202. The Morgan fingerprint density at radius 3 is 2.67 bits per heavy atom. The Morgan fingerprint density at radius 2 is 2.13 bits per heavy atom. The number of methoxy groups -OCH3 is 1. The second-order valence-corrected chi connectivity index (χ2v) is 3.66. The van der Waals surface area contributed by atoms with Crippen LogP contribution in [0.4, 0.5) is 0 Å². The van der Waals surface area contributed by atoms with Gasteiger partial charge in [-0.1, -0.05) is 6.08 Å². The number of nitrogens with one attached hydrogen (secondary N) is 1. The zero-order chi connectivity index (χ0) is 11.7. The summed E-state index contributed by atoms with van der Waals surface area (Å²) in [5.41, 5.74) is -0.777. The van der Waals surface area contributed by atoms with Gasteiger partial charge in [0.25, 0.3) is 5.91 Å². The molecule has 0 rings (SSSR count). The fourth-order valence-electron chi connectivity index (χ4n) is 0.811. The lowest BCUT2D eigenvalue weighted by Gasteiger charge is -2.21. The van der Waals surface area contributed by atoms with E-state index < -0.39 is 5.60 Å². The highest BCUT2D eigenvalue weighted by Crippen LogP contribution is 2.06. The van der Waals surface area contributed by atoms with Crippen molar-refractivity contribution in [1.29, 1.82) is 0 Å². The maximum absolute atomic E-state index is 11.5. The van der Waals surface area contributed by atoms with Crippen LogP contribution in [0, 0.1) is 0 Å². The summed E-state index contributed by atoms with van der Waals surface area (Å²) in [6.07, 6.45) is 2.63. The third-order valence-electron chi connectivity index (χ3n) is 2.06. The monoisotopic (exact) mass is 215 g/mol. The minimum absolute atomic E-state index is 0.127. The van der Waals surface area contributed by atoms with Crippen molar-refractivity contribution in [3.63, 3.8) is 0 Å². The van der Waals surface area contributed by atoms with Gasteiger partial charge in [0, 0.05) is 13.7 Å². The first-order valence-electron chi connectivity index (χ1n) is 5.06. The topological polar surface area (TPSA) is 47.6 Å². The first-order chi connectivity index (χ1) is 7.04. The first kappa shape index (κ1) is 14.1. The molecule has 0 atom stereocenters. The lowest BCUT2D eigenvalue weighted by molar-refractivity contribution is -0.139. The van der Waals surface area contributed by atoms with Crippen molar-refractivity contribution in [2.75, 3.05) is 26.9 Å². The molecule has 0 radical (unpaired) electrons. The number of carbonyl (C=O) groups excluding carboxylic acids is 1. The number of ether oxygens (including phenoxy) is 2. The molecule has 4 heteroatoms. The van der Waals surface area contributed by atoms with Gasteiger partial charge in [0.2, 0.25) is 0 Å². The summed E-state index contributed by atoms with van der Waals surface area (Å²) in [6.45, 7) is 8.69. The largest absolute Gasteiger partial charge is 0.379 e. The average Bonchev–Trinajstić information content (AvgIpc) is 2.22. The van der Waals surface area contributed by atoms with E-state index in [2.05, 4.69) is 11.9 Å². The minimum atomic E-state index is -0.777. The van der Waals surface area contributed by atoms with E-state index in [0.717, 1.165) is 6.42 Å². The highest BCUT2D eigenvalue weighted by Gasteiger charge is 2.26. The van der Waals surface area contributed by atoms with Crippen molar-refractivity contribution in [3.05, 3.63) is 12.7 Å². The molecule has 0 aromatic rings. The van der Waals surface area contributed by atoms with Crippen LogP contribution in [0.15, 0.2) is 12.7 Å². The number of rotatable bonds is 8. The molecule has 0 aromatic carbocycles. The Balaban J connectivity index is 3.51. The highest BCUT2D eigenvalue weighted by atomic mass is 16.5. The Labute approximate surface area is 91.6 Å². The number of amides is 1. The normalized spacial score (nSPS) is 11.1. The van der Waals surface area contributed by atoms with Gasteiger partial charge >= 0.3 is 0 Å². The van der Waals surface area contributed by atoms with Crippen molar-refractivity contribution in [2.45, 2.75) is 25.9 Å². The Morgan fingerprint density at radius 1 is 1.47 bits per heavy atom. The average molecular weight is 215 g/mol. The summed E-state index contributed by atoms with van der Waals surface area (Å²) in [5.74, 6) is -0.127. The summed E-state index contributed by atoms with van der Waals surface area (Å²) in [5, 5.41) is 2.74. The molecule has 88 valence electrons. The summed E-state index contributed by atoms with van der Waals surface area (Å²) < 4.78 is 10.3. The molecule has 0 spiro atoms. The third kappa shape index (κ3) is 6.25. The van der Waals surface area contributed by atoms with Crippen molar-refractivity contribution in [2.24, 2.45) is 0 Å². The zero-order valence-electron chi connectivity index (χ0n) is 9.84. The molecule has 1 N–H and O–H groups in total. The van der Waals surface area contributed by atoms with Gasteiger partial charge in [-0.2, -0.15) is 0 Å². The molecule has 0 saturated carbocycles. The molecule has 1 amide bonds. The predicted octanol–water partition coefficient (Wildman–Crippen LogP) is 1.12. The molecule has 0 aliphatic rings. The molecule has 0 bridgehead atoms. The van der Waals surface area contributed by atoms with Crippen LogP contribution in [-0.2, 0) is 14.3 Å². The van der Waals surface area contributed by atoms with E-state index >= 15 is 0 Å². The Kier molecular flexibility index (Phi) is 6.99. The zero-order valence-corrected chi connectivity index (χ0v) is 9.84. The van der Waals surface area contributed by atoms with Crippen molar-refractivity contribution >= 4 is 5.91 Å². The molecule has 0 aliphatic carbocycles. The van der Waals surface area contributed by atoms with Crippen LogP contribution >= 0.6 is 0 Å². The predicted molar refractivity (Wildman–Crippen MR) is 59.7 cm³/mol. The van der Waals surface area contributed by atoms with Gasteiger partial charge in [-0.05, 0) is 20.3 Å². The summed E-state index contributed by atoms with van der Waals surface area (Å²) in [4.78, 5) is 11.5. The van der Waals surface area contributed by atoms with E-state index in [9.17, 15) is 4.79 Å². The smallest absolute Gasteiger partial charge is 0.251 e. The molecule has 0 unspecified atom stereocenters. The van der Waals surface area contributed by atoms with Gasteiger partial charge in [-0.15, -0.1) is 6.58 Å². The van der Waals surface area contributed by atoms with Gasteiger partial charge in [0.15, 0.2) is 0 Å². The van der Waals surface area contributed by atoms with Gasteiger partial charge in [-0.25, -0.2) is 0 Å². The quantitative estimate of drug-likeness (QED) is 0.487. The molecule has 0 fully saturated rings. The van der Waals surface area contributed by atoms with Gasteiger partial charge in [-0.3, -0.25) is 4.79 Å². The molecule has 0 saturated heterocycles. The standard InChI is InChI=1S/C11H21NO3/c1-5-6-8-15-9-7-12-10(13)11(2,3)14-4/h5H,1,6-9H2,2-4H3,(H,12,13). The van der Waals surface area contributed by atoms with Gasteiger partial charge < -0.3 is 14.8 Å². The van der Waals surface area contributed by atoms with Crippen LogP contribution in [-0.4, -0.2) is 38.4 Å². The molecule has 0 aliphatic heterocycles. The molecule has 4 nitrogen and oxygen atoms in total. The molecule has 15 heavy (non-hydrogen) atoms. The summed E-state index contributed by atoms with van der Waals surface area (Å²) in [6, 6.07) is 0. The van der Waals surface area contributed by atoms with E-state index in [4.69, 9.17) is 9.47 Å². The van der Waals surface area contributed by atoms with Gasteiger partial charge in [0.05, 0.1) is 13.2 Å². The minimum Gasteiger partial charge on any atom is -0.379 e. The lowest BCUT2D eigenvalue weighted by Crippen LogP contribution is -2.44. The van der Waals surface area contributed by atoms with E-state index in [1.165, 1.54) is 7.11 Å². The highest BCUT2D eigenvalue weighted by molar-refractivity contribution is 5.84. The Hall–Kier alpha value is -0.870. The van der Waals surface area contributed by atoms with Crippen LogP contribution in [0.3, 0.4) is 0 Å². The summed E-state index contributed by atoms with van der Waals surface area (Å²) >= 11 is 0.